The topological polar surface area (TPSA) is 120 Å². The van der Waals surface area contributed by atoms with Crippen LogP contribution in [0.1, 0.15) is 48.2 Å². The summed E-state index contributed by atoms with van der Waals surface area (Å²) < 4.78 is 67.0. The first-order chi connectivity index (χ1) is 21.3. The Kier molecular flexibility index (Phi) is 7.99. The molecule has 236 valence electrons. The number of hydrogen-bond acceptors (Lipinski definition) is 7. The summed E-state index contributed by atoms with van der Waals surface area (Å²) in [6, 6.07) is 19.4. The van der Waals surface area contributed by atoms with Gasteiger partial charge in [0.2, 0.25) is 10.0 Å². The molecule has 0 radical (unpaired) electrons. The number of ketones is 1. The molecule has 9 nitrogen and oxygen atoms in total. The molecule has 0 N–H and O–H groups in total. The Labute approximate surface area is 263 Å². The molecule has 0 saturated carbocycles. The minimum atomic E-state index is -4.13. The van der Waals surface area contributed by atoms with Crippen LogP contribution in [0.25, 0.3) is 10.9 Å². The van der Waals surface area contributed by atoms with Crippen molar-refractivity contribution in [2.75, 3.05) is 6.61 Å². The van der Waals surface area contributed by atoms with Gasteiger partial charge in [-0.25, -0.2) is 16.8 Å². The van der Waals surface area contributed by atoms with Gasteiger partial charge in [0.25, 0.3) is 0 Å². The van der Waals surface area contributed by atoms with E-state index in [1.54, 1.807) is 48.5 Å². The first-order valence-electron chi connectivity index (χ1n) is 14.9. The number of sulfone groups is 1. The van der Waals surface area contributed by atoms with E-state index in [4.69, 9.17) is 4.74 Å². The number of aromatic nitrogens is 1. The largest absolute Gasteiger partial charge is 0.465 e. The molecular formula is C34H36N2O7S2. The van der Waals surface area contributed by atoms with E-state index < -0.39 is 55.5 Å². The number of esters is 1. The van der Waals surface area contributed by atoms with E-state index in [1.807, 2.05) is 49.7 Å². The molecular weight excluding hydrogens is 613 g/mol. The summed E-state index contributed by atoms with van der Waals surface area (Å²) >= 11 is 0. The highest BCUT2D eigenvalue weighted by molar-refractivity contribution is 7.92. The zero-order chi connectivity index (χ0) is 32.3. The number of Topliss-reactive ketones (excluding diaryl/α,β-unsaturated/α-hetero) is 1. The lowest BCUT2D eigenvalue weighted by Crippen LogP contribution is -2.60. The summed E-state index contributed by atoms with van der Waals surface area (Å²) in [5.41, 5.74) is 4.46. The zero-order valence-corrected chi connectivity index (χ0v) is 27.3. The number of carbonyl (C=O) groups excluding carboxylic acids is 2. The highest BCUT2D eigenvalue weighted by atomic mass is 32.2. The molecule has 1 saturated heterocycles. The Morgan fingerprint density at radius 2 is 1.47 bits per heavy atom. The number of fused-ring (bicyclic) bond motifs is 6. The van der Waals surface area contributed by atoms with Crippen molar-refractivity contribution in [3.05, 3.63) is 95.2 Å². The van der Waals surface area contributed by atoms with Gasteiger partial charge in [-0.1, -0.05) is 53.6 Å². The summed E-state index contributed by atoms with van der Waals surface area (Å²) in [6.07, 6.45) is -0.259. The predicted molar refractivity (Wildman–Crippen MR) is 170 cm³/mol. The van der Waals surface area contributed by atoms with E-state index in [2.05, 4.69) is 0 Å². The van der Waals surface area contributed by atoms with Crippen LogP contribution in [-0.2, 0) is 47.7 Å². The number of nitrogens with zero attached hydrogens (tertiary/aromatic N) is 2. The molecule has 4 atom stereocenters. The lowest BCUT2D eigenvalue weighted by atomic mass is 9.78. The lowest BCUT2D eigenvalue weighted by molar-refractivity contribution is -0.148. The van der Waals surface area contributed by atoms with Crippen LogP contribution in [0.3, 0.4) is 0 Å². The Hall–Kier alpha value is -3.80. The third-order valence-electron chi connectivity index (χ3n) is 9.23. The maximum Gasteiger partial charge on any atom is 0.313 e. The molecule has 6 rings (SSSR count). The Bertz CT molecular complexity index is 2010. The minimum absolute atomic E-state index is 0.0378. The first kappa shape index (κ1) is 31.2. The average Bonchev–Trinajstić information content (AvgIpc) is 3.27. The van der Waals surface area contributed by atoms with Gasteiger partial charge < -0.3 is 9.30 Å². The van der Waals surface area contributed by atoms with Crippen LogP contribution in [0, 0.1) is 19.8 Å². The monoisotopic (exact) mass is 648 g/mol. The zero-order valence-electron chi connectivity index (χ0n) is 25.6. The molecule has 3 aromatic carbocycles. The number of aryl methyl sites for hydroxylation is 3. The molecule has 1 fully saturated rings. The SMILES string of the molecule is CC(=O)CC(=O)OC[C@@H]1C(S(=O)(=O)c2ccc(C)cc2)C[C@H]2c3c(c4ccccc4n3C)C[C@@H]1N2S(=O)(=O)c1ccc(C)cc1. The summed E-state index contributed by atoms with van der Waals surface area (Å²) in [4.78, 5) is 24.5. The lowest BCUT2D eigenvalue weighted by Gasteiger charge is -2.51. The van der Waals surface area contributed by atoms with Crippen molar-refractivity contribution in [3.8, 4) is 0 Å². The Morgan fingerprint density at radius 1 is 0.867 bits per heavy atom. The molecule has 3 heterocycles. The number of ether oxygens (including phenoxy) is 1. The summed E-state index contributed by atoms with van der Waals surface area (Å²) in [5.74, 6) is -2.06. The van der Waals surface area contributed by atoms with Crippen molar-refractivity contribution in [3.63, 3.8) is 0 Å². The third kappa shape index (κ3) is 5.40. The van der Waals surface area contributed by atoms with Crippen LogP contribution < -0.4 is 0 Å². The smallest absolute Gasteiger partial charge is 0.313 e. The Morgan fingerprint density at radius 3 is 2.09 bits per heavy atom. The first-order valence-corrected chi connectivity index (χ1v) is 17.9. The van der Waals surface area contributed by atoms with Gasteiger partial charge in [0.05, 0.1) is 27.7 Å². The van der Waals surface area contributed by atoms with E-state index >= 15 is 0 Å². The number of rotatable bonds is 8. The summed E-state index contributed by atoms with van der Waals surface area (Å²) in [5, 5.41) is -0.0829. The van der Waals surface area contributed by atoms with E-state index in [0.717, 1.165) is 33.3 Å². The van der Waals surface area contributed by atoms with Crippen LogP contribution in [0.4, 0.5) is 0 Å². The quantitative estimate of drug-likeness (QED) is 0.198. The summed E-state index contributed by atoms with van der Waals surface area (Å²) in [7, 11) is -6.26. The number of piperidine rings is 1. The predicted octanol–water partition coefficient (Wildman–Crippen LogP) is 4.84. The standard InChI is InChI=1S/C34H36N2O7S2/c1-21-9-13-24(14-10-21)44(39,40)32-19-31-34-27(26-7-5-6-8-29(26)35(34)4)18-30(28(32)20-43-33(38)17-23(3)37)36(31)45(41,42)25-15-11-22(2)12-16-25/h5-16,28,30-32H,17-20H2,1-4H3/t28-,30-,31-,32?/m0/s1. The number of sulfonamides is 1. The third-order valence-corrected chi connectivity index (χ3v) is 13.4. The molecule has 2 bridgehead atoms. The van der Waals surface area contributed by atoms with Crippen molar-refractivity contribution in [2.45, 2.75) is 67.2 Å². The molecule has 0 spiro atoms. The Balaban J connectivity index is 1.55. The molecule has 0 amide bonds. The van der Waals surface area contributed by atoms with E-state index in [-0.39, 0.29) is 35.0 Å². The van der Waals surface area contributed by atoms with Gasteiger partial charge in [0.15, 0.2) is 9.84 Å². The number of para-hydroxylation sites is 1. The van der Waals surface area contributed by atoms with Gasteiger partial charge in [-0.15, -0.1) is 0 Å². The second kappa shape index (κ2) is 11.5. The molecule has 11 heteroatoms. The van der Waals surface area contributed by atoms with E-state index in [0.29, 0.717) is 0 Å². The number of carbonyl (C=O) groups is 2. The molecule has 45 heavy (non-hydrogen) atoms. The van der Waals surface area contributed by atoms with E-state index in [1.165, 1.54) is 11.2 Å². The average molecular weight is 649 g/mol. The normalized spacial score (nSPS) is 21.8. The molecule has 2 aliphatic heterocycles. The number of benzene rings is 3. The highest BCUT2D eigenvalue weighted by Crippen LogP contribution is 2.51. The molecule has 1 unspecified atom stereocenters. The molecule has 1 aromatic heterocycles. The van der Waals surface area contributed by atoms with Crippen molar-refractivity contribution < 1.29 is 31.2 Å². The second-order valence-corrected chi connectivity index (χ2v) is 16.2. The number of hydrogen-bond donors (Lipinski definition) is 0. The molecule has 4 aromatic rings. The van der Waals surface area contributed by atoms with Gasteiger partial charge in [-0.3, -0.25) is 9.59 Å². The maximum atomic E-state index is 14.6. The van der Waals surface area contributed by atoms with Crippen molar-refractivity contribution in [2.24, 2.45) is 13.0 Å². The highest BCUT2D eigenvalue weighted by Gasteiger charge is 2.56. The van der Waals surface area contributed by atoms with Gasteiger partial charge in [0.1, 0.15) is 12.2 Å². The van der Waals surface area contributed by atoms with Gasteiger partial charge in [-0.2, -0.15) is 4.31 Å². The van der Waals surface area contributed by atoms with E-state index in [9.17, 15) is 26.4 Å². The van der Waals surface area contributed by atoms with Crippen LogP contribution in [0.5, 0.6) is 0 Å². The van der Waals surface area contributed by atoms with Crippen molar-refractivity contribution >= 4 is 42.5 Å². The van der Waals surface area contributed by atoms with Gasteiger partial charge in [0, 0.05) is 35.6 Å². The van der Waals surface area contributed by atoms with Crippen LogP contribution in [0.2, 0.25) is 0 Å². The van der Waals surface area contributed by atoms with Crippen LogP contribution in [-0.4, -0.2) is 55.4 Å². The fourth-order valence-corrected chi connectivity index (χ4v) is 10.9. The van der Waals surface area contributed by atoms with Gasteiger partial charge >= 0.3 is 5.97 Å². The fourth-order valence-electron chi connectivity index (χ4n) is 7.08. The van der Waals surface area contributed by atoms with Gasteiger partial charge in [-0.05, 0) is 69.5 Å². The van der Waals surface area contributed by atoms with Crippen LogP contribution in [0.15, 0.2) is 82.6 Å². The van der Waals surface area contributed by atoms with Crippen molar-refractivity contribution in [1.29, 1.82) is 0 Å². The minimum Gasteiger partial charge on any atom is -0.465 e. The van der Waals surface area contributed by atoms with Crippen molar-refractivity contribution in [1.82, 2.24) is 8.87 Å². The summed E-state index contributed by atoms with van der Waals surface area (Å²) in [6.45, 7) is 4.67. The maximum absolute atomic E-state index is 14.6. The molecule has 0 aliphatic carbocycles. The fraction of sp³-hybridized carbons (Fsp3) is 0.353. The molecule has 2 aliphatic rings. The van der Waals surface area contributed by atoms with Crippen LogP contribution >= 0.6 is 0 Å². The second-order valence-electron chi connectivity index (χ2n) is 12.2.